The van der Waals surface area contributed by atoms with Gasteiger partial charge in [0.05, 0.1) is 6.26 Å². The average Bonchev–Trinajstić information content (AvgIpc) is 3.04. The molecule has 22 heavy (non-hydrogen) atoms. The first-order valence-electron chi connectivity index (χ1n) is 8.39. The van der Waals surface area contributed by atoms with E-state index in [-0.39, 0.29) is 5.91 Å². The van der Waals surface area contributed by atoms with Gasteiger partial charge in [0.15, 0.2) is 5.76 Å². The van der Waals surface area contributed by atoms with Gasteiger partial charge in [-0.3, -0.25) is 9.69 Å². The van der Waals surface area contributed by atoms with E-state index in [0.717, 1.165) is 32.5 Å². The summed E-state index contributed by atoms with van der Waals surface area (Å²) in [6.07, 6.45) is 3.77. The van der Waals surface area contributed by atoms with Crippen molar-refractivity contribution < 1.29 is 9.21 Å². The van der Waals surface area contributed by atoms with E-state index in [1.165, 1.54) is 19.6 Å². The van der Waals surface area contributed by atoms with E-state index in [0.29, 0.717) is 17.7 Å². The van der Waals surface area contributed by atoms with Gasteiger partial charge in [0, 0.05) is 45.3 Å². The lowest BCUT2D eigenvalue weighted by molar-refractivity contribution is 0.0536. The molecule has 1 aromatic heterocycles. The molecule has 2 saturated heterocycles. The molecule has 5 nitrogen and oxygen atoms in total. The lowest BCUT2D eigenvalue weighted by Crippen LogP contribution is -2.52. The highest BCUT2D eigenvalue weighted by Crippen LogP contribution is 2.22. The predicted molar refractivity (Wildman–Crippen MR) is 85.9 cm³/mol. The number of piperazine rings is 1. The van der Waals surface area contributed by atoms with E-state index in [9.17, 15) is 4.79 Å². The van der Waals surface area contributed by atoms with Gasteiger partial charge in [-0.05, 0) is 44.9 Å². The summed E-state index contributed by atoms with van der Waals surface area (Å²) in [5, 5.41) is 0. The van der Waals surface area contributed by atoms with Crippen molar-refractivity contribution in [2.24, 2.45) is 5.92 Å². The highest BCUT2D eigenvalue weighted by Gasteiger charge is 2.28. The molecule has 2 aliphatic heterocycles. The van der Waals surface area contributed by atoms with E-state index < -0.39 is 0 Å². The van der Waals surface area contributed by atoms with Crippen LogP contribution in [0.1, 0.15) is 30.3 Å². The number of likely N-dealkylation sites (tertiary alicyclic amines) is 1. The number of hydrogen-bond donors (Lipinski definition) is 0. The molecular weight excluding hydrogens is 278 g/mol. The number of rotatable bonds is 3. The first kappa shape index (κ1) is 15.6. The summed E-state index contributed by atoms with van der Waals surface area (Å²) in [6.45, 7) is 8.71. The highest BCUT2D eigenvalue weighted by atomic mass is 16.3. The van der Waals surface area contributed by atoms with Gasteiger partial charge in [-0.2, -0.15) is 0 Å². The number of amides is 1. The molecule has 0 saturated carbocycles. The Morgan fingerprint density at radius 2 is 2.05 bits per heavy atom. The summed E-state index contributed by atoms with van der Waals surface area (Å²) in [7, 11) is 2.20. The predicted octanol–water partition coefficient (Wildman–Crippen LogP) is 1.77. The van der Waals surface area contributed by atoms with Crippen LogP contribution in [0.4, 0.5) is 0 Å². The van der Waals surface area contributed by atoms with E-state index in [1.807, 2.05) is 4.90 Å². The van der Waals surface area contributed by atoms with E-state index in [2.05, 4.69) is 23.8 Å². The molecule has 122 valence electrons. The number of carbonyl (C=O) groups is 1. The molecule has 0 bridgehead atoms. The molecule has 0 radical (unpaired) electrons. The second-order valence-electron chi connectivity index (χ2n) is 6.82. The molecule has 0 aliphatic carbocycles. The second kappa shape index (κ2) is 6.84. The fourth-order valence-corrected chi connectivity index (χ4v) is 3.65. The molecular formula is C17H27N3O2. The number of carbonyl (C=O) groups excluding carboxylic acids is 1. The van der Waals surface area contributed by atoms with Crippen molar-refractivity contribution in [2.45, 2.75) is 25.8 Å². The van der Waals surface area contributed by atoms with Gasteiger partial charge < -0.3 is 14.2 Å². The van der Waals surface area contributed by atoms with E-state index >= 15 is 0 Å². The molecule has 2 aliphatic rings. The molecule has 0 N–H and O–H groups in total. The fraction of sp³-hybridized carbons (Fsp3) is 0.706. The Labute approximate surface area is 132 Å². The van der Waals surface area contributed by atoms with E-state index in [4.69, 9.17) is 4.42 Å². The first-order valence-corrected chi connectivity index (χ1v) is 8.39. The zero-order chi connectivity index (χ0) is 15.5. The minimum absolute atomic E-state index is 0.0383. The van der Waals surface area contributed by atoms with Crippen LogP contribution in [-0.2, 0) is 0 Å². The standard InChI is InChI=1S/C17H27N3O2/c1-14-12-18(2)9-10-20(14)13-15-5-7-19(8-6-15)17(21)16-4-3-11-22-16/h3-4,11,14-15H,5-10,12-13H2,1-2H3/t14-/m1/s1. The normalized spacial score (nSPS) is 25.5. The summed E-state index contributed by atoms with van der Waals surface area (Å²) in [5.41, 5.74) is 0. The smallest absolute Gasteiger partial charge is 0.289 e. The maximum atomic E-state index is 12.3. The number of hydrogen-bond acceptors (Lipinski definition) is 4. The van der Waals surface area contributed by atoms with Gasteiger partial charge in [0.2, 0.25) is 0 Å². The van der Waals surface area contributed by atoms with Gasteiger partial charge >= 0.3 is 0 Å². The van der Waals surface area contributed by atoms with Gasteiger partial charge in [0.25, 0.3) is 5.91 Å². The molecule has 3 heterocycles. The lowest BCUT2D eigenvalue weighted by atomic mass is 9.95. The van der Waals surface area contributed by atoms with Gasteiger partial charge in [-0.25, -0.2) is 0 Å². The molecule has 1 amide bonds. The molecule has 0 unspecified atom stereocenters. The van der Waals surface area contributed by atoms with Crippen LogP contribution in [0.5, 0.6) is 0 Å². The van der Waals surface area contributed by atoms with Crippen LogP contribution >= 0.6 is 0 Å². The summed E-state index contributed by atoms with van der Waals surface area (Å²) in [4.78, 5) is 19.2. The number of furan rings is 1. The zero-order valence-corrected chi connectivity index (χ0v) is 13.7. The Bertz CT molecular complexity index is 480. The van der Waals surface area contributed by atoms with Crippen molar-refractivity contribution in [2.75, 3.05) is 46.3 Å². The van der Waals surface area contributed by atoms with Gasteiger partial charge in [-0.1, -0.05) is 0 Å². The number of nitrogens with zero attached hydrogens (tertiary/aromatic N) is 3. The Hall–Kier alpha value is -1.33. The molecule has 0 spiro atoms. The minimum Gasteiger partial charge on any atom is -0.459 e. The topological polar surface area (TPSA) is 39.9 Å². The summed E-state index contributed by atoms with van der Waals surface area (Å²) in [5.74, 6) is 1.22. The molecule has 1 atom stereocenters. The maximum absolute atomic E-state index is 12.3. The van der Waals surface area contributed by atoms with Gasteiger partial charge in [0.1, 0.15) is 0 Å². The van der Waals surface area contributed by atoms with Crippen molar-refractivity contribution in [1.29, 1.82) is 0 Å². The molecule has 1 aromatic rings. The third-order valence-corrected chi connectivity index (χ3v) is 5.09. The van der Waals surface area contributed by atoms with Crippen LogP contribution in [0, 0.1) is 5.92 Å². The fourth-order valence-electron chi connectivity index (χ4n) is 3.65. The summed E-state index contributed by atoms with van der Waals surface area (Å²) in [6, 6.07) is 4.16. The third kappa shape index (κ3) is 3.52. The number of piperidine rings is 1. The largest absolute Gasteiger partial charge is 0.459 e. The van der Waals surface area contributed by atoms with Crippen LogP contribution in [0.15, 0.2) is 22.8 Å². The Balaban J connectivity index is 1.47. The van der Waals surface area contributed by atoms with Crippen LogP contribution in [0.2, 0.25) is 0 Å². The van der Waals surface area contributed by atoms with Crippen molar-refractivity contribution in [3.8, 4) is 0 Å². The maximum Gasteiger partial charge on any atom is 0.289 e. The van der Waals surface area contributed by atoms with Crippen molar-refractivity contribution >= 4 is 5.91 Å². The highest BCUT2D eigenvalue weighted by molar-refractivity contribution is 5.91. The number of likely N-dealkylation sites (N-methyl/N-ethyl adjacent to an activating group) is 1. The van der Waals surface area contributed by atoms with Crippen LogP contribution < -0.4 is 0 Å². The van der Waals surface area contributed by atoms with Crippen molar-refractivity contribution in [1.82, 2.24) is 14.7 Å². The Morgan fingerprint density at radius 1 is 1.27 bits per heavy atom. The first-order chi connectivity index (χ1) is 10.6. The van der Waals surface area contributed by atoms with E-state index in [1.54, 1.807) is 18.4 Å². The SMILES string of the molecule is C[C@@H]1CN(C)CCN1CC1CCN(C(=O)c2ccco2)CC1. The van der Waals surface area contributed by atoms with Crippen molar-refractivity contribution in [3.05, 3.63) is 24.2 Å². The average molecular weight is 305 g/mol. The Kier molecular flexibility index (Phi) is 4.84. The van der Waals surface area contributed by atoms with Crippen LogP contribution in [0.3, 0.4) is 0 Å². The van der Waals surface area contributed by atoms with Crippen molar-refractivity contribution in [3.63, 3.8) is 0 Å². The lowest BCUT2D eigenvalue weighted by Gasteiger charge is -2.41. The second-order valence-corrected chi connectivity index (χ2v) is 6.82. The van der Waals surface area contributed by atoms with Crippen LogP contribution in [-0.4, -0.2) is 73.0 Å². The Morgan fingerprint density at radius 3 is 2.68 bits per heavy atom. The van der Waals surface area contributed by atoms with Crippen LogP contribution in [0.25, 0.3) is 0 Å². The zero-order valence-electron chi connectivity index (χ0n) is 13.7. The monoisotopic (exact) mass is 305 g/mol. The molecule has 3 rings (SSSR count). The molecule has 2 fully saturated rings. The summed E-state index contributed by atoms with van der Waals surface area (Å²) >= 11 is 0. The van der Waals surface area contributed by atoms with Gasteiger partial charge in [-0.15, -0.1) is 0 Å². The minimum atomic E-state index is 0.0383. The summed E-state index contributed by atoms with van der Waals surface area (Å²) < 4.78 is 5.22. The molecule has 5 heteroatoms. The quantitative estimate of drug-likeness (QED) is 0.853. The molecule has 0 aromatic carbocycles. The third-order valence-electron chi connectivity index (χ3n) is 5.09.